The molecule has 0 fully saturated rings. The van der Waals surface area contributed by atoms with Gasteiger partial charge in [-0.3, -0.25) is 0 Å². The van der Waals surface area contributed by atoms with Crippen molar-refractivity contribution in [1.82, 2.24) is 5.32 Å². The summed E-state index contributed by atoms with van der Waals surface area (Å²) in [5.41, 5.74) is 1.45. The third kappa shape index (κ3) is 5.26. The SMILES string of the molecule is CCCNC(CSC(C)C)C1=COCCC1. The molecule has 1 aliphatic rings. The lowest BCUT2D eigenvalue weighted by molar-refractivity contribution is 0.220. The summed E-state index contributed by atoms with van der Waals surface area (Å²) < 4.78 is 5.44. The highest BCUT2D eigenvalue weighted by atomic mass is 32.2. The summed E-state index contributed by atoms with van der Waals surface area (Å²) >= 11 is 2.02. The van der Waals surface area contributed by atoms with Gasteiger partial charge in [0, 0.05) is 11.8 Å². The Kier molecular flexibility index (Phi) is 6.97. The zero-order valence-electron chi connectivity index (χ0n) is 10.8. The van der Waals surface area contributed by atoms with Gasteiger partial charge in [0.05, 0.1) is 12.9 Å². The van der Waals surface area contributed by atoms with Crippen molar-refractivity contribution in [2.45, 2.75) is 51.3 Å². The Morgan fingerprint density at radius 2 is 2.31 bits per heavy atom. The Morgan fingerprint density at radius 1 is 1.50 bits per heavy atom. The third-order valence-corrected chi connectivity index (χ3v) is 3.84. The second-order valence-electron chi connectivity index (χ2n) is 4.56. The topological polar surface area (TPSA) is 21.3 Å². The molecule has 0 aromatic carbocycles. The molecule has 2 nitrogen and oxygen atoms in total. The van der Waals surface area contributed by atoms with Crippen LogP contribution < -0.4 is 5.32 Å². The zero-order chi connectivity index (χ0) is 11.8. The summed E-state index contributed by atoms with van der Waals surface area (Å²) in [6.45, 7) is 8.72. The monoisotopic (exact) mass is 243 g/mol. The summed E-state index contributed by atoms with van der Waals surface area (Å²) in [5, 5.41) is 4.33. The van der Waals surface area contributed by atoms with Crippen LogP contribution in [0.5, 0.6) is 0 Å². The van der Waals surface area contributed by atoms with Gasteiger partial charge in [-0.1, -0.05) is 20.8 Å². The molecular formula is C13H25NOS. The molecule has 3 heteroatoms. The lowest BCUT2D eigenvalue weighted by Gasteiger charge is -2.24. The van der Waals surface area contributed by atoms with Gasteiger partial charge in [0.2, 0.25) is 0 Å². The summed E-state index contributed by atoms with van der Waals surface area (Å²) in [6, 6.07) is 0.507. The highest BCUT2D eigenvalue weighted by Crippen LogP contribution is 2.20. The number of thioether (sulfide) groups is 1. The van der Waals surface area contributed by atoms with E-state index in [-0.39, 0.29) is 0 Å². The van der Waals surface area contributed by atoms with Crippen LogP contribution in [0.25, 0.3) is 0 Å². The molecule has 1 aliphatic heterocycles. The van der Waals surface area contributed by atoms with Crippen molar-refractivity contribution in [2.24, 2.45) is 0 Å². The minimum Gasteiger partial charge on any atom is -0.501 e. The molecular weight excluding hydrogens is 218 g/mol. The fraction of sp³-hybridized carbons (Fsp3) is 0.846. The van der Waals surface area contributed by atoms with Gasteiger partial charge in [0.25, 0.3) is 0 Å². The molecule has 0 radical (unpaired) electrons. The van der Waals surface area contributed by atoms with Gasteiger partial charge in [-0.25, -0.2) is 0 Å². The molecule has 1 atom stereocenters. The normalized spacial score (nSPS) is 18.1. The molecule has 0 bridgehead atoms. The van der Waals surface area contributed by atoms with Crippen molar-refractivity contribution in [3.63, 3.8) is 0 Å². The summed E-state index contributed by atoms with van der Waals surface area (Å²) in [7, 11) is 0. The van der Waals surface area contributed by atoms with Crippen LogP contribution in [0.1, 0.15) is 40.0 Å². The molecule has 0 spiro atoms. The van der Waals surface area contributed by atoms with Gasteiger partial charge in [-0.2, -0.15) is 11.8 Å². The third-order valence-electron chi connectivity index (χ3n) is 2.65. The molecule has 16 heavy (non-hydrogen) atoms. The molecule has 0 amide bonds. The van der Waals surface area contributed by atoms with Gasteiger partial charge in [0.1, 0.15) is 0 Å². The van der Waals surface area contributed by atoms with Crippen molar-refractivity contribution in [2.75, 3.05) is 18.9 Å². The smallest absolute Gasteiger partial charge is 0.0876 e. The first-order valence-electron chi connectivity index (χ1n) is 6.39. The maximum atomic E-state index is 5.44. The maximum absolute atomic E-state index is 5.44. The summed E-state index contributed by atoms with van der Waals surface area (Å²) in [4.78, 5) is 0. The number of rotatable bonds is 7. The van der Waals surface area contributed by atoms with E-state index in [4.69, 9.17) is 4.74 Å². The van der Waals surface area contributed by atoms with E-state index in [0.29, 0.717) is 11.3 Å². The molecule has 0 aromatic heterocycles. The van der Waals surface area contributed by atoms with Crippen LogP contribution in [0.15, 0.2) is 11.8 Å². The maximum Gasteiger partial charge on any atom is 0.0876 e. The minimum atomic E-state index is 0.507. The quantitative estimate of drug-likeness (QED) is 0.742. The highest BCUT2D eigenvalue weighted by molar-refractivity contribution is 7.99. The number of nitrogens with one attached hydrogen (secondary N) is 1. The van der Waals surface area contributed by atoms with Crippen molar-refractivity contribution < 1.29 is 4.74 Å². The molecule has 94 valence electrons. The van der Waals surface area contributed by atoms with E-state index in [1.165, 1.54) is 24.8 Å². The Morgan fingerprint density at radius 3 is 2.88 bits per heavy atom. The van der Waals surface area contributed by atoms with E-state index in [1.807, 2.05) is 18.0 Å². The fourth-order valence-corrected chi connectivity index (χ4v) is 2.65. The first-order valence-corrected chi connectivity index (χ1v) is 7.44. The van der Waals surface area contributed by atoms with Crippen LogP contribution in [-0.2, 0) is 4.74 Å². The molecule has 0 saturated heterocycles. The largest absolute Gasteiger partial charge is 0.501 e. The van der Waals surface area contributed by atoms with Gasteiger partial charge >= 0.3 is 0 Å². The Balaban J connectivity index is 2.44. The van der Waals surface area contributed by atoms with Crippen molar-refractivity contribution in [3.05, 3.63) is 11.8 Å². The average molecular weight is 243 g/mol. The van der Waals surface area contributed by atoms with Crippen molar-refractivity contribution in [1.29, 1.82) is 0 Å². The van der Waals surface area contributed by atoms with Crippen LogP contribution in [0.4, 0.5) is 0 Å². The Bertz CT molecular complexity index is 216. The van der Waals surface area contributed by atoms with Crippen LogP contribution >= 0.6 is 11.8 Å². The molecule has 0 aliphatic carbocycles. The molecule has 1 heterocycles. The number of hydrogen-bond acceptors (Lipinski definition) is 3. The summed E-state index contributed by atoms with van der Waals surface area (Å²) in [6.07, 6.45) is 5.54. The van der Waals surface area contributed by atoms with E-state index in [9.17, 15) is 0 Å². The van der Waals surface area contributed by atoms with E-state index in [1.54, 1.807) is 0 Å². The van der Waals surface area contributed by atoms with Crippen LogP contribution in [0.2, 0.25) is 0 Å². The van der Waals surface area contributed by atoms with Gasteiger partial charge in [-0.15, -0.1) is 0 Å². The summed E-state index contributed by atoms with van der Waals surface area (Å²) in [5.74, 6) is 1.16. The lowest BCUT2D eigenvalue weighted by Crippen LogP contribution is -2.35. The molecule has 1 N–H and O–H groups in total. The minimum absolute atomic E-state index is 0.507. The Hall–Kier alpha value is -0.150. The van der Waals surface area contributed by atoms with E-state index < -0.39 is 0 Å². The fourth-order valence-electron chi connectivity index (χ4n) is 1.75. The van der Waals surface area contributed by atoms with E-state index in [0.717, 1.165) is 18.9 Å². The van der Waals surface area contributed by atoms with E-state index in [2.05, 4.69) is 26.1 Å². The Labute approximate surface area is 104 Å². The second kappa shape index (κ2) is 8.02. The molecule has 1 unspecified atom stereocenters. The van der Waals surface area contributed by atoms with Crippen molar-refractivity contribution >= 4 is 11.8 Å². The van der Waals surface area contributed by atoms with Crippen LogP contribution in [0.3, 0.4) is 0 Å². The van der Waals surface area contributed by atoms with Gasteiger partial charge < -0.3 is 10.1 Å². The number of hydrogen-bond donors (Lipinski definition) is 1. The predicted molar refractivity (Wildman–Crippen MR) is 72.9 cm³/mol. The predicted octanol–water partition coefficient (Wildman–Crippen LogP) is 3.19. The average Bonchev–Trinajstić information content (AvgIpc) is 2.30. The first kappa shape index (κ1) is 13.9. The molecule has 0 aromatic rings. The van der Waals surface area contributed by atoms with Crippen LogP contribution in [-0.4, -0.2) is 30.2 Å². The van der Waals surface area contributed by atoms with Crippen LogP contribution in [0, 0.1) is 0 Å². The number of ether oxygens (including phenoxy) is 1. The van der Waals surface area contributed by atoms with Gasteiger partial charge in [-0.05, 0) is 36.6 Å². The molecule has 0 saturated carbocycles. The second-order valence-corrected chi connectivity index (χ2v) is 6.17. The van der Waals surface area contributed by atoms with E-state index >= 15 is 0 Å². The first-order chi connectivity index (χ1) is 7.74. The standard InChI is InChI=1S/C13H25NOS/c1-4-7-14-13(10-16-11(2)3)12-6-5-8-15-9-12/h9,11,13-14H,4-8,10H2,1-3H3. The lowest BCUT2D eigenvalue weighted by atomic mass is 10.0. The zero-order valence-corrected chi connectivity index (χ0v) is 11.6. The van der Waals surface area contributed by atoms with Crippen molar-refractivity contribution in [3.8, 4) is 0 Å². The van der Waals surface area contributed by atoms with Gasteiger partial charge in [0.15, 0.2) is 0 Å². The highest BCUT2D eigenvalue weighted by Gasteiger charge is 2.16. The molecule has 1 rings (SSSR count).